The molecule has 0 saturated heterocycles. The fourth-order valence-corrected chi connectivity index (χ4v) is 4.34. The van der Waals surface area contributed by atoms with Crippen LogP contribution in [0.2, 0.25) is 5.02 Å². The monoisotopic (exact) mass is 447 g/mol. The molecule has 0 fully saturated rings. The quantitative estimate of drug-likeness (QED) is 0.485. The molecule has 2 aliphatic rings. The van der Waals surface area contributed by atoms with Crippen LogP contribution in [0, 0.1) is 6.92 Å². The molecule has 0 spiro atoms. The highest BCUT2D eigenvalue weighted by Gasteiger charge is 2.33. The molecule has 3 aromatic rings. The van der Waals surface area contributed by atoms with E-state index in [2.05, 4.69) is 4.90 Å². The fourth-order valence-electron chi connectivity index (χ4n) is 4.15. The molecule has 2 heterocycles. The molecule has 0 aliphatic carbocycles. The first-order valence-electron chi connectivity index (χ1n) is 10.4. The minimum Gasteiger partial charge on any atom is -0.497 e. The van der Waals surface area contributed by atoms with Crippen LogP contribution in [0.25, 0.3) is 6.08 Å². The Hall–Kier alpha value is -3.28. The summed E-state index contributed by atoms with van der Waals surface area (Å²) in [6.45, 7) is 3.71. The summed E-state index contributed by atoms with van der Waals surface area (Å²) >= 11 is 6.32. The molecule has 0 N–H and O–H groups in total. The van der Waals surface area contributed by atoms with Crippen molar-refractivity contribution in [3.8, 4) is 17.2 Å². The maximum atomic E-state index is 13.1. The molecule has 5 rings (SSSR count). The van der Waals surface area contributed by atoms with Gasteiger partial charge in [-0.15, -0.1) is 0 Å². The number of benzene rings is 3. The Morgan fingerprint density at radius 2 is 1.97 bits per heavy atom. The van der Waals surface area contributed by atoms with Gasteiger partial charge in [0.05, 0.1) is 12.7 Å². The lowest BCUT2D eigenvalue weighted by atomic mass is 10.00. The average molecular weight is 448 g/mol. The predicted octanol–water partition coefficient (Wildman–Crippen LogP) is 5.63. The number of Topliss-reactive ketones (excluding diaryl/α,β-unsaturated/α-hetero) is 1. The van der Waals surface area contributed by atoms with Crippen molar-refractivity contribution in [1.82, 2.24) is 4.90 Å². The summed E-state index contributed by atoms with van der Waals surface area (Å²) < 4.78 is 17.3. The van der Waals surface area contributed by atoms with Gasteiger partial charge in [-0.25, -0.2) is 0 Å². The summed E-state index contributed by atoms with van der Waals surface area (Å²) in [6.07, 6.45) is 1.74. The number of allylic oxidation sites excluding steroid dienone is 1. The topological polar surface area (TPSA) is 48.0 Å². The Bertz CT molecular complexity index is 1250. The SMILES string of the molecule is COc1cccc(/C=C2\Oc3c(cc4c(c3C)OCN(Cc3ccccc3Cl)C4)C2=O)c1. The average Bonchev–Trinajstić information content (AvgIpc) is 3.11. The minimum absolute atomic E-state index is 0.128. The number of methoxy groups -OCH3 is 1. The van der Waals surface area contributed by atoms with E-state index in [0.29, 0.717) is 36.9 Å². The number of fused-ring (bicyclic) bond motifs is 2. The first-order valence-corrected chi connectivity index (χ1v) is 10.7. The minimum atomic E-state index is -0.128. The lowest BCUT2D eigenvalue weighted by Gasteiger charge is -2.30. The number of hydrogen-bond acceptors (Lipinski definition) is 5. The number of hydrogen-bond donors (Lipinski definition) is 0. The molecule has 162 valence electrons. The van der Waals surface area contributed by atoms with Crippen LogP contribution in [0.1, 0.15) is 32.6 Å². The van der Waals surface area contributed by atoms with Gasteiger partial charge in [0, 0.05) is 29.2 Å². The predicted molar refractivity (Wildman–Crippen MR) is 123 cm³/mol. The van der Waals surface area contributed by atoms with Gasteiger partial charge < -0.3 is 14.2 Å². The number of ether oxygens (including phenoxy) is 3. The van der Waals surface area contributed by atoms with Crippen LogP contribution in [-0.2, 0) is 13.1 Å². The molecular formula is C26H22ClNO4. The van der Waals surface area contributed by atoms with Crippen molar-refractivity contribution in [3.05, 3.63) is 93.2 Å². The van der Waals surface area contributed by atoms with E-state index in [9.17, 15) is 4.79 Å². The molecule has 0 bridgehead atoms. The third kappa shape index (κ3) is 3.74. The van der Waals surface area contributed by atoms with Crippen LogP contribution in [0.15, 0.2) is 60.4 Å². The number of carbonyl (C=O) groups excluding carboxylic acids is 1. The highest BCUT2D eigenvalue weighted by Crippen LogP contribution is 2.43. The second-order valence-electron chi connectivity index (χ2n) is 7.93. The van der Waals surface area contributed by atoms with E-state index in [0.717, 1.165) is 38.8 Å². The highest BCUT2D eigenvalue weighted by molar-refractivity contribution is 6.31. The first kappa shape index (κ1) is 20.6. The molecule has 0 atom stereocenters. The molecule has 5 nitrogen and oxygen atoms in total. The zero-order chi connectivity index (χ0) is 22.2. The van der Waals surface area contributed by atoms with E-state index in [-0.39, 0.29) is 5.78 Å². The van der Waals surface area contributed by atoms with Gasteiger partial charge in [0.15, 0.2) is 5.76 Å². The van der Waals surface area contributed by atoms with Crippen molar-refractivity contribution in [3.63, 3.8) is 0 Å². The van der Waals surface area contributed by atoms with Crippen molar-refractivity contribution in [1.29, 1.82) is 0 Å². The number of halogens is 1. The Morgan fingerprint density at radius 3 is 2.78 bits per heavy atom. The molecule has 32 heavy (non-hydrogen) atoms. The van der Waals surface area contributed by atoms with E-state index >= 15 is 0 Å². The summed E-state index contributed by atoms with van der Waals surface area (Å²) in [6, 6.07) is 17.2. The number of nitrogens with zero attached hydrogens (tertiary/aromatic N) is 1. The maximum absolute atomic E-state index is 13.1. The van der Waals surface area contributed by atoms with Crippen molar-refractivity contribution in [2.24, 2.45) is 0 Å². The molecule has 0 radical (unpaired) electrons. The third-order valence-corrected chi connectivity index (χ3v) is 6.11. The van der Waals surface area contributed by atoms with Crippen LogP contribution in [0.3, 0.4) is 0 Å². The van der Waals surface area contributed by atoms with Gasteiger partial charge in [0.25, 0.3) is 0 Å². The number of ketones is 1. The van der Waals surface area contributed by atoms with Gasteiger partial charge in [-0.3, -0.25) is 9.69 Å². The zero-order valence-electron chi connectivity index (χ0n) is 17.9. The fraction of sp³-hybridized carbons (Fsp3) is 0.192. The van der Waals surface area contributed by atoms with E-state index in [1.165, 1.54) is 0 Å². The largest absolute Gasteiger partial charge is 0.497 e. The Labute approximate surface area is 191 Å². The summed E-state index contributed by atoms with van der Waals surface area (Å²) in [5, 5.41) is 0.735. The van der Waals surface area contributed by atoms with Crippen LogP contribution in [0.5, 0.6) is 17.2 Å². The van der Waals surface area contributed by atoms with Gasteiger partial charge in [0.2, 0.25) is 5.78 Å². The van der Waals surface area contributed by atoms with E-state index < -0.39 is 0 Å². The summed E-state index contributed by atoms with van der Waals surface area (Å²) in [5.74, 6) is 2.25. The normalized spacial score (nSPS) is 16.3. The van der Waals surface area contributed by atoms with Gasteiger partial charge in [-0.05, 0) is 48.4 Å². The lowest BCUT2D eigenvalue weighted by molar-refractivity contribution is 0.0877. The molecule has 0 aromatic heterocycles. The lowest BCUT2D eigenvalue weighted by Crippen LogP contribution is -2.32. The Morgan fingerprint density at radius 1 is 1.12 bits per heavy atom. The number of rotatable bonds is 4. The van der Waals surface area contributed by atoms with E-state index in [4.69, 9.17) is 25.8 Å². The van der Waals surface area contributed by atoms with Gasteiger partial charge in [0.1, 0.15) is 24.0 Å². The van der Waals surface area contributed by atoms with Gasteiger partial charge in [-0.2, -0.15) is 0 Å². The molecule has 0 saturated carbocycles. The molecule has 6 heteroatoms. The smallest absolute Gasteiger partial charge is 0.231 e. The second-order valence-corrected chi connectivity index (χ2v) is 8.34. The Kier molecular flexibility index (Phi) is 5.37. The second kappa shape index (κ2) is 8.34. The standard InChI is InChI=1S/C26H22ClNO4/c1-16-25-19(14-28(15-31-25)13-18-7-3-4-9-22(18)27)12-21-24(29)23(32-26(16)21)11-17-6-5-8-20(10-17)30-2/h3-12H,13-15H2,1-2H3/b23-11-. The highest BCUT2D eigenvalue weighted by atomic mass is 35.5. The van der Waals surface area contributed by atoms with Crippen LogP contribution >= 0.6 is 11.6 Å². The van der Waals surface area contributed by atoms with E-state index in [1.807, 2.05) is 61.5 Å². The molecule has 0 unspecified atom stereocenters. The summed E-state index contributed by atoms with van der Waals surface area (Å²) in [4.78, 5) is 15.3. The third-order valence-electron chi connectivity index (χ3n) is 5.75. The van der Waals surface area contributed by atoms with Crippen LogP contribution in [-0.4, -0.2) is 24.5 Å². The maximum Gasteiger partial charge on any atom is 0.231 e. The first-order chi connectivity index (χ1) is 15.5. The van der Waals surface area contributed by atoms with Crippen molar-refractivity contribution in [2.75, 3.05) is 13.8 Å². The van der Waals surface area contributed by atoms with Crippen molar-refractivity contribution >= 4 is 23.5 Å². The molecule has 3 aromatic carbocycles. The Balaban J connectivity index is 1.42. The molecule has 2 aliphatic heterocycles. The van der Waals surface area contributed by atoms with Crippen LogP contribution in [0.4, 0.5) is 0 Å². The van der Waals surface area contributed by atoms with E-state index in [1.54, 1.807) is 13.2 Å². The molecule has 0 amide bonds. The van der Waals surface area contributed by atoms with Crippen molar-refractivity contribution < 1.29 is 19.0 Å². The summed E-state index contributed by atoms with van der Waals surface area (Å²) in [5.41, 5.74) is 4.27. The summed E-state index contributed by atoms with van der Waals surface area (Å²) in [7, 11) is 1.61. The molecular weight excluding hydrogens is 426 g/mol. The number of carbonyl (C=O) groups is 1. The van der Waals surface area contributed by atoms with Crippen molar-refractivity contribution in [2.45, 2.75) is 20.0 Å². The van der Waals surface area contributed by atoms with Crippen LogP contribution < -0.4 is 14.2 Å². The zero-order valence-corrected chi connectivity index (χ0v) is 18.6. The van der Waals surface area contributed by atoms with Gasteiger partial charge in [-0.1, -0.05) is 41.9 Å². The van der Waals surface area contributed by atoms with Gasteiger partial charge >= 0.3 is 0 Å².